The molecule has 9 nitrogen and oxygen atoms in total. The van der Waals surface area contributed by atoms with Crippen molar-refractivity contribution in [1.29, 1.82) is 0 Å². The van der Waals surface area contributed by atoms with Crippen molar-refractivity contribution >= 4 is 32.5 Å². The Balaban J connectivity index is 1.31. The maximum Gasteiger partial charge on any atom is 0.257 e. The molecule has 10 heteroatoms. The van der Waals surface area contributed by atoms with E-state index >= 15 is 0 Å². The quantitative estimate of drug-likeness (QED) is 0.418. The molecule has 3 aliphatic rings. The smallest absolute Gasteiger partial charge is 0.257 e. The lowest BCUT2D eigenvalue weighted by molar-refractivity contribution is 0.102. The molecule has 3 fully saturated rings. The van der Waals surface area contributed by atoms with Gasteiger partial charge in [-0.25, -0.2) is 9.97 Å². The van der Waals surface area contributed by atoms with Crippen LogP contribution in [0, 0.1) is 0 Å². The molecule has 0 saturated carbocycles. The van der Waals surface area contributed by atoms with Crippen molar-refractivity contribution < 1.29 is 4.79 Å². The van der Waals surface area contributed by atoms with Gasteiger partial charge in [-0.15, -0.1) is 9.24 Å². The Kier molecular flexibility index (Phi) is 5.40. The number of nitrogens with two attached hydrogens (primary N) is 1. The Labute approximate surface area is 207 Å². The summed E-state index contributed by atoms with van der Waals surface area (Å²) in [6, 6.07) is 8.73. The van der Waals surface area contributed by atoms with Gasteiger partial charge in [0.1, 0.15) is 5.82 Å². The van der Waals surface area contributed by atoms with Gasteiger partial charge in [-0.05, 0) is 56.4 Å². The van der Waals surface area contributed by atoms with Gasteiger partial charge in [0.2, 0.25) is 0 Å². The van der Waals surface area contributed by atoms with E-state index in [1.807, 2.05) is 24.3 Å². The summed E-state index contributed by atoms with van der Waals surface area (Å²) in [6.07, 6.45) is 11.1. The number of nitrogens with one attached hydrogen (secondary N) is 1. The lowest BCUT2D eigenvalue weighted by Crippen LogP contribution is -2.29. The first-order valence-electron chi connectivity index (χ1n) is 12.3. The second-order valence-corrected chi connectivity index (χ2v) is 11.7. The number of nitrogen functional groups attached to an aromatic ring is 1. The Morgan fingerprint density at radius 1 is 1.11 bits per heavy atom. The van der Waals surface area contributed by atoms with Gasteiger partial charge in [0, 0.05) is 48.3 Å². The largest absolute Gasteiger partial charge is 0.354 e. The zero-order valence-electron chi connectivity index (χ0n) is 19.9. The summed E-state index contributed by atoms with van der Waals surface area (Å²) in [5.74, 6) is 7.56. The molecule has 182 valence electrons. The van der Waals surface area contributed by atoms with Crippen molar-refractivity contribution in [3.63, 3.8) is 0 Å². The van der Waals surface area contributed by atoms with Crippen LogP contribution < -0.4 is 21.0 Å². The number of carbonyl (C=O) groups is 1. The van der Waals surface area contributed by atoms with Crippen molar-refractivity contribution in [2.45, 2.75) is 56.3 Å². The third kappa shape index (κ3) is 4.01. The van der Waals surface area contributed by atoms with E-state index in [4.69, 9.17) is 5.84 Å². The summed E-state index contributed by atoms with van der Waals surface area (Å²) in [7, 11) is 2.94. The molecule has 3 saturated heterocycles. The maximum atomic E-state index is 13.4. The number of hydrogen-bond acceptors (Lipinski definition) is 7. The molecule has 6 rings (SSSR count). The van der Waals surface area contributed by atoms with Crippen LogP contribution in [0.15, 0.2) is 42.9 Å². The molecule has 1 amide bonds. The van der Waals surface area contributed by atoms with E-state index < -0.39 is 0 Å². The molecule has 2 unspecified atom stereocenters. The maximum absolute atomic E-state index is 13.4. The minimum absolute atomic E-state index is 0.101. The topological polar surface area (TPSA) is 105 Å². The molecule has 3 aromatic heterocycles. The molecule has 2 atom stereocenters. The zero-order chi connectivity index (χ0) is 24.2. The first-order valence-corrected chi connectivity index (χ1v) is 12.9. The van der Waals surface area contributed by atoms with Crippen molar-refractivity contribution in [3.05, 3.63) is 48.4 Å². The van der Waals surface area contributed by atoms with Crippen LogP contribution in [0.3, 0.4) is 0 Å². The number of carbonyl (C=O) groups excluding carboxylic acids is 1. The van der Waals surface area contributed by atoms with Crippen molar-refractivity contribution in [1.82, 2.24) is 19.9 Å². The highest BCUT2D eigenvalue weighted by Crippen LogP contribution is 2.41. The van der Waals surface area contributed by atoms with Crippen LogP contribution in [0.4, 0.5) is 17.3 Å². The van der Waals surface area contributed by atoms with Crippen LogP contribution in [0.2, 0.25) is 0 Å². The Hall–Kier alpha value is -3.19. The van der Waals surface area contributed by atoms with Gasteiger partial charge in [-0.1, -0.05) is 6.92 Å². The summed E-state index contributed by atoms with van der Waals surface area (Å²) >= 11 is 0. The van der Waals surface area contributed by atoms with E-state index in [-0.39, 0.29) is 11.1 Å². The zero-order valence-corrected chi connectivity index (χ0v) is 21.0. The molecule has 3 N–H and O–H groups in total. The van der Waals surface area contributed by atoms with Gasteiger partial charge in [-0.2, -0.15) is 9.89 Å². The fourth-order valence-corrected chi connectivity index (χ4v) is 6.22. The number of rotatable bonds is 5. The molecule has 2 bridgehead atoms. The summed E-state index contributed by atoms with van der Waals surface area (Å²) < 4.78 is 0. The predicted molar refractivity (Wildman–Crippen MR) is 141 cm³/mol. The first-order chi connectivity index (χ1) is 16.9. The van der Waals surface area contributed by atoms with Crippen molar-refractivity contribution in [3.8, 4) is 11.3 Å². The van der Waals surface area contributed by atoms with Gasteiger partial charge in [-0.3, -0.25) is 4.79 Å². The molecule has 3 aromatic rings. The number of aromatic nitrogens is 4. The van der Waals surface area contributed by atoms with Crippen LogP contribution in [-0.2, 0) is 0 Å². The van der Waals surface area contributed by atoms with E-state index in [0.717, 1.165) is 36.7 Å². The van der Waals surface area contributed by atoms with E-state index in [0.29, 0.717) is 29.0 Å². The van der Waals surface area contributed by atoms with Gasteiger partial charge in [0.15, 0.2) is 5.82 Å². The fraction of sp³-hybridized carbons (Fsp3) is 0.440. The number of fused-ring (bicyclic) bond motifs is 2. The first kappa shape index (κ1) is 22.3. The number of hydrogen-bond donors (Lipinski definition) is 2. The molecule has 0 spiro atoms. The van der Waals surface area contributed by atoms with E-state index in [2.05, 4.69) is 46.3 Å². The summed E-state index contributed by atoms with van der Waals surface area (Å²) in [5.41, 5.74) is 2.63. The molecular formula is C25H31N8OP. The molecule has 3 aliphatic heterocycles. The van der Waals surface area contributed by atoms with Crippen molar-refractivity contribution in [2.75, 3.05) is 34.0 Å². The average molecular weight is 491 g/mol. The second kappa shape index (κ2) is 8.48. The SMILES string of the molecule is CC1(P)CCN(c2nccc(-c3ccnn3N)c2NC(=O)c2ccc(N3C4CCC3CC4)nc2)C1. The summed E-state index contributed by atoms with van der Waals surface area (Å²) in [4.78, 5) is 28.7. The average Bonchev–Trinajstić information content (AvgIpc) is 3.64. The predicted octanol–water partition coefficient (Wildman–Crippen LogP) is 3.28. The van der Waals surface area contributed by atoms with E-state index in [9.17, 15) is 4.79 Å². The summed E-state index contributed by atoms with van der Waals surface area (Å²) in [5, 5.41) is 7.35. The Morgan fingerprint density at radius 3 is 2.49 bits per heavy atom. The lowest BCUT2D eigenvalue weighted by atomic mass is 10.0. The lowest BCUT2D eigenvalue weighted by Gasteiger charge is -2.25. The van der Waals surface area contributed by atoms with E-state index in [1.165, 1.54) is 30.5 Å². The molecule has 35 heavy (non-hydrogen) atoms. The molecule has 0 aromatic carbocycles. The van der Waals surface area contributed by atoms with Gasteiger partial charge in [0.25, 0.3) is 5.91 Å². The van der Waals surface area contributed by atoms with Gasteiger partial charge >= 0.3 is 0 Å². The monoisotopic (exact) mass is 490 g/mol. The second-order valence-electron chi connectivity index (χ2n) is 10.3. The normalized spacial score (nSPS) is 25.4. The summed E-state index contributed by atoms with van der Waals surface area (Å²) in [6.45, 7) is 3.90. The highest BCUT2D eigenvalue weighted by atomic mass is 31.0. The highest BCUT2D eigenvalue weighted by Gasteiger charge is 2.40. The van der Waals surface area contributed by atoms with Crippen LogP contribution in [-0.4, -0.2) is 56.1 Å². The van der Waals surface area contributed by atoms with Crippen LogP contribution in [0.1, 0.15) is 49.4 Å². The number of anilines is 3. The molecular weight excluding hydrogens is 459 g/mol. The third-order valence-corrected chi connectivity index (χ3v) is 8.12. The van der Waals surface area contributed by atoms with Crippen LogP contribution in [0.5, 0.6) is 0 Å². The van der Waals surface area contributed by atoms with Crippen LogP contribution >= 0.6 is 9.24 Å². The number of pyridine rings is 2. The van der Waals surface area contributed by atoms with E-state index in [1.54, 1.807) is 18.6 Å². The minimum Gasteiger partial charge on any atom is -0.354 e. The fourth-order valence-electron chi connectivity index (χ4n) is 5.87. The standard InChI is InChI=1S/C25H31N8OP/c1-25(35)10-13-31(15-25)23-22(19(8-11-27-23)20-9-12-29-33(20)26)30-24(34)16-2-7-21(28-14-16)32-17-3-4-18(32)6-5-17/h2,7-9,11-12,14,17-18H,3-6,10,13,15,26,35H2,1H3,(H,30,34). The van der Waals surface area contributed by atoms with Gasteiger partial charge in [0.05, 0.1) is 23.1 Å². The molecule has 6 heterocycles. The third-order valence-electron chi connectivity index (χ3n) is 7.65. The molecule has 0 aliphatic carbocycles. The minimum atomic E-state index is -0.222. The number of amides is 1. The van der Waals surface area contributed by atoms with Crippen molar-refractivity contribution in [2.24, 2.45) is 0 Å². The Bertz CT molecular complexity index is 1240. The Morgan fingerprint density at radius 2 is 1.89 bits per heavy atom. The highest BCUT2D eigenvalue weighted by molar-refractivity contribution is 7.19. The van der Waals surface area contributed by atoms with Gasteiger partial charge < -0.3 is 21.0 Å². The number of nitrogens with zero attached hydrogens (tertiary/aromatic N) is 6. The molecule has 0 radical (unpaired) electrons. The van der Waals surface area contributed by atoms with Crippen LogP contribution in [0.25, 0.3) is 11.3 Å².